The van der Waals surface area contributed by atoms with Crippen LogP contribution in [0, 0.1) is 5.92 Å². The first-order chi connectivity index (χ1) is 14.6. The Kier molecular flexibility index (Phi) is 22.2. The number of rotatable bonds is 22. The molecule has 0 heterocycles. The van der Waals surface area contributed by atoms with Crippen LogP contribution >= 0.6 is 0 Å². The minimum absolute atomic E-state index is 0.335. The predicted molar refractivity (Wildman–Crippen MR) is 129 cm³/mol. The molecule has 30 heavy (non-hydrogen) atoms. The molecule has 0 aromatic heterocycles. The third-order valence-electron chi connectivity index (χ3n) is 5.87. The Bertz CT molecular complexity index is 390. The highest BCUT2D eigenvalue weighted by atomic mass is 16.6. The van der Waals surface area contributed by atoms with Crippen molar-refractivity contribution < 1.29 is 14.3 Å². The molecule has 3 heteroatoms. The van der Waals surface area contributed by atoms with E-state index in [9.17, 15) is 9.59 Å². The molecule has 0 fully saturated rings. The molecule has 0 bridgehead atoms. The molecule has 0 aliphatic carbocycles. The number of carbonyl (C=O) groups excluding carboxylic acids is 2. The Morgan fingerprint density at radius 1 is 0.533 bits per heavy atom. The van der Waals surface area contributed by atoms with Crippen LogP contribution in [0.4, 0.5) is 0 Å². The minimum atomic E-state index is -0.341. The summed E-state index contributed by atoms with van der Waals surface area (Å²) in [6.07, 6.45) is 24.5. The summed E-state index contributed by atoms with van der Waals surface area (Å²) in [4.78, 5) is 23.3. The summed E-state index contributed by atoms with van der Waals surface area (Å²) >= 11 is 0. The smallest absolute Gasteiger partial charge is 0.313 e. The van der Waals surface area contributed by atoms with Gasteiger partial charge in [-0.25, -0.2) is 0 Å². The number of ether oxygens (including phenoxy) is 1. The Labute approximate surface area is 188 Å². The van der Waals surface area contributed by atoms with Gasteiger partial charge in [0.1, 0.15) is 0 Å². The van der Waals surface area contributed by atoms with Crippen molar-refractivity contribution in [2.45, 2.75) is 156 Å². The molecular weight excluding hydrogens is 372 g/mol. The maximum atomic E-state index is 11.7. The summed E-state index contributed by atoms with van der Waals surface area (Å²) in [7, 11) is 0. The minimum Gasteiger partial charge on any atom is -0.393 e. The zero-order valence-electron chi connectivity index (χ0n) is 20.7. The van der Waals surface area contributed by atoms with Gasteiger partial charge < -0.3 is 4.74 Å². The van der Waals surface area contributed by atoms with E-state index in [0.29, 0.717) is 12.8 Å². The normalized spacial score (nSPS) is 11.2. The van der Waals surface area contributed by atoms with E-state index in [1.165, 1.54) is 89.9 Å². The highest BCUT2D eigenvalue weighted by Gasteiger charge is 2.09. The van der Waals surface area contributed by atoms with Crippen LogP contribution in [0.1, 0.15) is 156 Å². The fraction of sp³-hybridized carbons (Fsp3) is 0.926. The summed E-state index contributed by atoms with van der Waals surface area (Å²) in [6.45, 7) is 6.80. The van der Waals surface area contributed by atoms with E-state index in [-0.39, 0.29) is 11.9 Å². The van der Waals surface area contributed by atoms with E-state index in [0.717, 1.165) is 38.0 Å². The third-order valence-corrected chi connectivity index (χ3v) is 5.87. The summed E-state index contributed by atoms with van der Waals surface area (Å²) in [5.74, 6) is 0.183. The lowest BCUT2D eigenvalue weighted by Crippen LogP contribution is -2.11. The van der Waals surface area contributed by atoms with Gasteiger partial charge in [-0.05, 0) is 18.8 Å². The quantitative estimate of drug-likeness (QED) is 0.0989. The van der Waals surface area contributed by atoms with Crippen molar-refractivity contribution in [2.75, 3.05) is 0 Å². The van der Waals surface area contributed by atoms with Crippen molar-refractivity contribution in [3.8, 4) is 0 Å². The molecular formula is C27H52O3. The maximum absolute atomic E-state index is 11.7. The second kappa shape index (κ2) is 22.8. The molecule has 0 N–H and O–H groups in total. The standard InChI is InChI=1S/C27H52O3/c1-4-5-6-16-20-23-26(28)30-27(29)24-21-18-15-13-11-9-7-8-10-12-14-17-19-22-25(2)3/h25H,4-24H2,1-3H3. The topological polar surface area (TPSA) is 43.4 Å². The van der Waals surface area contributed by atoms with Gasteiger partial charge in [0.05, 0.1) is 0 Å². The van der Waals surface area contributed by atoms with Gasteiger partial charge in [-0.15, -0.1) is 0 Å². The summed E-state index contributed by atoms with van der Waals surface area (Å²) in [5.41, 5.74) is 0. The number of carbonyl (C=O) groups is 2. The van der Waals surface area contributed by atoms with E-state index in [4.69, 9.17) is 4.74 Å². The molecule has 0 aliphatic heterocycles. The van der Waals surface area contributed by atoms with Crippen molar-refractivity contribution >= 4 is 11.9 Å². The predicted octanol–water partition coefficient (Wildman–Crippen LogP) is 8.92. The van der Waals surface area contributed by atoms with E-state index in [1.807, 2.05) is 0 Å². The second-order valence-electron chi connectivity index (χ2n) is 9.54. The van der Waals surface area contributed by atoms with Crippen molar-refractivity contribution in [3.63, 3.8) is 0 Å². The van der Waals surface area contributed by atoms with E-state index < -0.39 is 0 Å². The average molecular weight is 425 g/mol. The van der Waals surface area contributed by atoms with Gasteiger partial charge in [0.15, 0.2) is 0 Å². The second-order valence-corrected chi connectivity index (χ2v) is 9.54. The monoisotopic (exact) mass is 424 g/mol. The summed E-state index contributed by atoms with van der Waals surface area (Å²) in [6, 6.07) is 0. The van der Waals surface area contributed by atoms with Crippen LogP contribution in [0.2, 0.25) is 0 Å². The molecule has 0 saturated carbocycles. The lowest BCUT2D eigenvalue weighted by molar-refractivity contribution is -0.159. The van der Waals surface area contributed by atoms with Crippen LogP contribution in [-0.4, -0.2) is 11.9 Å². The molecule has 0 aromatic carbocycles. The Morgan fingerprint density at radius 3 is 1.23 bits per heavy atom. The first-order valence-electron chi connectivity index (χ1n) is 13.3. The summed E-state index contributed by atoms with van der Waals surface area (Å²) in [5, 5.41) is 0. The van der Waals surface area contributed by atoms with Gasteiger partial charge >= 0.3 is 11.9 Å². The van der Waals surface area contributed by atoms with Gasteiger partial charge in [-0.1, -0.05) is 130 Å². The molecule has 0 aromatic rings. The van der Waals surface area contributed by atoms with Crippen LogP contribution in [0.15, 0.2) is 0 Å². The largest absolute Gasteiger partial charge is 0.393 e. The van der Waals surface area contributed by atoms with Crippen molar-refractivity contribution in [1.29, 1.82) is 0 Å². The van der Waals surface area contributed by atoms with Crippen molar-refractivity contribution in [2.24, 2.45) is 5.92 Å². The molecule has 0 saturated heterocycles. The van der Waals surface area contributed by atoms with Crippen LogP contribution in [0.25, 0.3) is 0 Å². The average Bonchev–Trinajstić information content (AvgIpc) is 2.70. The Morgan fingerprint density at radius 2 is 0.867 bits per heavy atom. The SMILES string of the molecule is CCCCCCCC(=O)OC(=O)CCCCCCCCCCCCCCCC(C)C. The highest BCUT2D eigenvalue weighted by Crippen LogP contribution is 2.15. The molecule has 0 radical (unpaired) electrons. The van der Waals surface area contributed by atoms with Crippen molar-refractivity contribution in [1.82, 2.24) is 0 Å². The lowest BCUT2D eigenvalue weighted by atomic mass is 10.0. The molecule has 0 amide bonds. The number of esters is 2. The molecule has 178 valence electrons. The molecule has 0 aliphatic rings. The molecule has 3 nitrogen and oxygen atoms in total. The third kappa shape index (κ3) is 23.4. The van der Waals surface area contributed by atoms with Crippen LogP contribution < -0.4 is 0 Å². The molecule has 0 rings (SSSR count). The Balaban J connectivity index is 3.26. The van der Waals surface area contributed by atoms with Gasteiger partial charge in [0.2, 0.25) is 0 Å². The first-order valence-corrected chi connectivity index (χ1v) is 13.3. The van der Waals surface area contributed by atoms with Crippen LogP contribution in [0.5, 0.6) is 0 Å². The fourth-order valence-corrected chi connectivity index (χ4v) is 3.87. The molecule has 0 unspecified atom stereocenters. The van der Waals surface area contributed by atoms with Crippen LogP contribution in [0.3, 0.4) is 0 Å². The number of unbranched alkanes of at least 4 members (excludes halogenated alkanes) is 16. The highest BCUT2D eigenvalue weighted by molar-refractivity contribution is 5.85. The van der Waals surface area contributed by atoms with E-state index in [2.05, 4.69) is 20.8 Å². The van der Waals surface area contributed by atoms with Crippen LogP contribution in [-0.2, 0) is 14.3 Å². The van der Waals surface area contributed by atoms with E-state index >= 15 is 0 Å². The zero-order valence-corrected chi connectivity index (χ0v) is 20.7. The maximum Gasteiger partial charge on any atom is 0.313 e. The lowest BCUT2D eigenvalue weighted by Gasteiger charge is -2.05. The first kappa shape index (κ1) is 29.1. The summed E-state index contributed by atoms with van der Waals surface area (Å²) < 4.78 is 4.90. The van der Waals surface area contributed by atoms with Crippen molar-refractivity contribution in [3.05, 3.63) is 0 Å². The number of hydrogen-bond donors (Lipinski definition) is 0. The van der Waals surface area contributed by atoms with E-state index in [1.54, 1.807) is 0 Å². The molecule has 0 spiro atoms. The van der Waals surface area contributed by atoms with Gasteiger partial charge in [-0.3, -0.25) is 9.59 Å². The Hall–Kier alpha value is -0.860. The fourth-order valence-electron chi connectivity index (χ4n) is 3.87. The van der Waals surface area contributed by atoms with Gasteiger partial charge in [0, 0.05) is 12.8 Å². The van der Waals surface area contributed by atoms with Gasteiger partial charge in [0.25, 0.3) is 0 Å². The zero-order chi connectivity index (χ0) is 22.3. The number of hydrogen-bond acceptors (Lipinski definition) is 3. The van der Waals surface area contributed by atoms with Gasteiger partial charge in [-0.2, -0.15) is 0 Å². The molecule has 0 atom stereocenters.